The van der Waals surface area contributed by atoms with Gasteiger partial charge in [-0.1, -0.05) is 26.8 Å². The first-order chi connectivity index (χ1) is 8.69. The molecule has 1 N–H and O–H groups in total. The average molecular weight is 261 g/mol. The lowest BCUT2D eigenvalue weighted by Crippen LogP contribution is -2.29. The molecule has 0 bridgehead atoms. The summed E-state index contributed by atoms with van der Waals surface area (Å²) in [6, 6.07) is 6.00. The number of rotatable bonds is 4. The third kappa shape index (κ3) is 5.16. The van der Waals surface area contributed by atoms with Crippen LogP contribution in [0.15, 0.2) is 24.3 Å². The van der Waals surface area contributed by atoms with Gasteiger partial charge in [-0.3, -0.25) is 0 Å². The molecule has 1 aromatic rings. The van der Waals surface area contributed by atoms with E-state index in [9.17, 15) is 4.79 Å². The monoisotopic (exact) mass is 261 g/mol. The highest BCUT2D eigenvalue weighted by Gasteiger charge is 2.15. The van der Waals surface area contributed by atoms with Gasteiger partial charge >= 0.3 is 5.97 Å². The van der Waals surface area contributed by atoms with Crippen molar-refractivity contribution in [3.05, 3.63) is 35.4 Å². The Morgan fingerprint density at radius 3 is 2.47 bits per heavy atom. The number of nitrogens with zero attached hydrogens (tertiary/aromatic N) is 1. The summed E-state index contributed by atoms with van der Waals surface area (Å²) >= 11 is 0. The van der Waals surface area contributed by atoms with Crippen LogP contribution in [0, 0.1) is 12.3 Å². The fourth-order valence-corrected chi connectivity index (χ4v) is 2.17. The molecule has 0 spiro atoms. The highest BCUT2D eigenvalue weighted by Crippen LogP contribution is 2.24. The summed E-state index contributed by atoms with van der Waals surface area (Å²) in [5.74, 6) is -0.924. The normalized spacial score (nSPS) is 11.8. The topological polar surface area (TPSA) is 40.5 Å². The van der Waals surface area contributed by atoms with E-state index < -0.39 is 5.97 Å². The number of hydrogen-bond donors (Lipinski definition) is 1. The summed E-state index contributed by atoms with van der Waals surface area (Å²) in [5, 5.41) is 8.62. The van der Waals surface area contributed by atoms with Gasteiger partial charge in [0.2, 0.25) is 0 Å². The molecule has 0 aromatic heterocycles. The van der Waals surface area contributed by atoms with Crippen molar-refractivity contribution < 1.29 is 9.90 Å². The first-order valence-electron chi connectivity index (χ1n) is 6.42. The van der Waals surface area contributed by atoms with Crippen LogP contribution in [-0.2, 0) is 4.79 Å². The van der Waals surface area contributed by atoms with Crippen LogP contribution < -0.4 is 4.90 Å². The first kappa shape index (κ1) is 15.3. The summed E-state index contributed by atoms with van der Waals surface area (Å²) in [6.07, 6.45) is 2.77. The molecule has 0 saturated heterocycles. The van der Waals surface area contributed by atoms with Crippen molar-refractivity contribution in [3.8, 4) is 0 Å². The maximum absolute atomic E-state index is 10.5. The van der Waals surface area contributed by atoms with Crippen LogP contribution in [0.25, 0.3) is 6.08 Å². The van der Waals surface area contributed by atoms with E-state index in [-0.39, 0.29) is 5.41 Å². The van der Waals surface area contributed by atoms with Crippen LogP contribution in [0.4, 0.5) is 5.69 Å². The van der Waals surface area contributed by atoms with Gasteiger partial charge in [0.15, 0.2) is 0 Å². The van der Waals surface area contributed by atoms with E-state index in [1.54, 1.807) is 6.08 Å². The third-order valence-electron chi connectivity index (χ3n) is 2.76. The Bertz CT molecular complexity index is 484. The molecule has 104 valence electrons. The molecule has 0 aliphatic carbocycles. The van der Waals surface area contributed by atoms with Gasteiger partial charge in [-0.15, -0.1) is 0 Å². The molecule has 0 radical (unpaired) electrons. The summed E-state index contributed by atoms with van der Waals surface area (Å²) in [5.41, 5.74) is 3.48. The number of carboxylic acid groups (broad SMARTS) is 1. The lowest BCUT2D eigenvalue weighted by atomic mass is 9.95. The van der Waals surface area contributed by atoms with Gasteiger partial charge < -0.3 is 10.0 Å². The Balaban J connectivity index is 2.91. The number of carbonyl (C=O) groups is 1. The lowest BCUT2D eigenvalue weighted by molar-refractivity contribution is -0.131. The zero-order chi connectivity index (χ0) is 14.6. The molecule has 0 aliphatic heterocycles. The minimum atomic E-state index is -0.924. The van der Waals surface area contributed by atoms with Gasteiger partial charge in [-0.05, 0) is 41.7 Å². The lowest BCUT2D eigenvalue weighted by Gasteiger charge is -2.29. The smallest absolute Gasteiger partial charge is 0.328 e. The molecular formula is C16H23NO2. The highest BCUT2D eigenvalue weighted by molar-refractivity contribution is 5.85. The van der Waals surface area contributed by atoms with Crippen molar-refractivity contribution in [2.24, 2.45) is 5.41 Å². The maximum Gasteiger partial charge on any atom is 0.328 e. The van der Waals surface area contributed by atoms with E-state index in [1.165, 1.54) is 5.69 Å². The van der Waals surface area contributed by atoms with Gasteiger partial charge in [0.1, 0.15) is 0 Å². The van der Waals surface area contributed by atoms with Crippen LogP contribution in [-0.4, -0.2) is 24.7 Å². The second-order valence-electron chi connectivity index (χ2n) is 6.13. The van der Waals surface area contributed by atoms with Crippen molar-refractivity contribution in [1.29, 1.82) is 0 Å². The van der Waals surface area contributed by atoms with Crippen molar-refractivity contribution in [2.75, 3.05) is 18.5 Å². The van der Waals surface area contributed by atoms with Crippen molar-refractivity contribution in [1.82, 2.24) is 0 Å². The number of aryl methyl sites for hydroxylation is 1. The van der Waals surface area contributed by atoms with Crippen molar-refractivity contribution in [3.63, 3.8) is 0 Å². The molecule has 19 heavy (non-hydrogen) atoms. The number of hydrogen-bond acceptors (Lipinski definition) is 2. The standard InChI is InChI=1S/C16H23NO2/c1-12-10-13(7-9-15(18)19)6-8-14(12)17(5)11-16(2,3)4/h6-10H,11H2,1-5H3,(H,18,19). The van der Waals surface area contributed by atoms with E-state index >= 15 is 0 Å². The van der Waals surface area contributed by atoms with Crippen molar-refractivity contribution >= 4 is 17.7 Å². The Labute approximate surface area is 115 Å². The maximum atomic E-state index is 10.5. The van der Waals surface area contributed by atoms with Crippen molar-refractivity contribution in [2.45, 2.75) is 27.7 Å². The summed E-state index contributed by atoms with van der Waals surface area (Å²) in [6.45, 7) is 9.65. The predicted octanol–water partition coefficient (Wildman–Crippen LogP) is 3.58. The van der Waals surface area contributed by atoms with Gasteiger partial charge in [-0.2, -0.15) is 0 Å². The Hall–Kier alpha value is -1.77. The van der Waals surface area contributed by atoms with Crippen LogP contribution in [0.2, 0.25) is 0 Å². The zero-order valence-electron chi connectivity index (χ0n) is 12.4. The largest absolute Gasteiger partial charge is 0.478 e. The van der Waals surface area contributed by atoms with Gasteiger partial charge in [-0.25, -0.2) is 4.79 Å². The fourth-order valence-electron chi connectivity index (χ4n) is 2.17. The van der Waals surface area contributed by atoms with Crippen LogP contribution >= 0.6 is 0 Å². The van der Waals surface area contributed by atoms with E-state index in [4.69, 9.17) is 5.11 Å². The second-order valence-corrected chi connectivity index (χ2v) is 6.13. The molecule has 0 saturated carbocycles. The van der Waals surface area contributed by atoms with Crippen LogP contribution in [0.3, 0.4) is 0 Å². The zero-order valence-corrected chi connectivity index (χ0v) is 12.4. The number of aliphatic carboxylic acids is 1. The molecular weight excluding hydrogens is 238 g/mol. The number of benzene rings is 1. The average Bonchev–Trinajstić information content (AvgIpc) is 2.23. The van der Waals surface area contributed by atoms with E-state index in [0.29, 0.717) is 0 Å². The Morgan fingerprint density at radius 1 is 1.37 bits per heavy atom. The van der Waals surface area contributed by atoms with E-state index in [2.05, 4.69) is 32.7 Å². The third-order valence-corrected chi connectivity index (χ3v) is 2.76. The molecule has 1 rings (SSSR count). The SMILES string of the molecule is Cc1cc(C=CC(=O)O)ccc1N(C)CC(C)(C)C. The van der Waals surface area contributed by atoms with E-state index in [0.717, 1.165) is 23.7 Å². The predicted molar refractivity (Wildman–Crippen MR) is 80.6 cm³/mol. The molecule has 0 heterocycles. The molecule has 0 amide bonds. The summed E-state index contributed by atoms with van der Waals surface area (Å²) in [4.78, 5) is 12.7. The van der Waals surface area contributed by atoms with Gasteiger partial charge in [0.05, 0.1) is 0 Å². The molecule has 3 heteroatoms. The Kier molecular flexibility index (Phi) is 4.76. The quantitative estimate of drug-likeness (QED) is 0.842. The molecule has 0 atom stereocenters. The van der Waals surface area contributed by atoms with Crippen LogP contribution in [0.1, 0.15) is 31.9 Å². The minimum absolute atomic E-state index is 0.239. The fraction of sp³-hybridized carbons (Fsp3) is 0.438. The van der Waals surface area contributed by atoms with Gasteiger partial charge in [0.25, 0.3) is 0 Å². The Morgan fingerprint density at radius 2 is 2.00 bits per heavy atom. The highest BCUT2D eigenvalue weighted by atomic mass is 16.4. The second kappa shape index (κ2) is 5.91. The molecule has 0 fully saturated rings. The summed E-state index contributed by atoms with van der Waals surface area (Å²) in [7, 11) is 2.08. The molecule has 1 aromatic carbocycles. The molecule has 0 unspecified atom stereocenters. The van der Waals surface area contributed by atoms with E-state index in [1.807, 2.05) is 25.1 Å². The number of anilines is 1. The number of carboxylic acids is 1. The van der Waals surface area contributed by atoms with Gasteiger partial charge in [0, 0.05) is 25.4 Å². The minimum Gasteiger partial charge on any atom is -0.478 e. The summed E-state index contributed by atoms with van der Waals surface area (Å²) < 4.78 is 0. The van der Waals surface area contributed by atoms with Crippen LogP contribution in [0.5, 0.6) is 0 Å². The first-order valence-corrected chi connectivity index (χ1v) is 6.42. The molecule has 0 aliphatic rings. The molecule has 3 nitrogen and oxygen atoms in total.